The maximum absolute atomic E-state index is 10.9. The van der Waals surface area contributed by atoms with Crippen LogP contribution in [0.2, 0.25) is 0 Å². The summed E-state index contributed by atoms with van der Waals surface area (Å²) in [5.41, 5.74) is 2.16. The molecule has 0 atom stereocenters. The number of benzene rings is 2. The summed E-state index contributed by atoms with van der Waals surface area (Å²) < 4.78 is 10.9. The summed E-state index contributed by atoms with van der Waals surface area (Å²) in [5.74, 6) is 0. The van der Waals surface area contributed by atoms with Crippen LogP contribution in [0.4, 0.5) is 0 Å². The summed E-state index contributed by atoms with van der Waals surface area (Å²) >= 11 is 0. The molecule has 0 aliphatic carbocycles. The molecule has 0 N–H and O–H groups in total. The average molecular weight is 206 g/mol. The fraction of sp³-hybridized carbons (Fsp3) is 0. The minimum absolute atomic E-state index is 0.451. The molecule has 0 bridgehead atoms. The Labute approximate surface area is 94.8 Å². The summed E-state index contributed by atoms with van der Waals surface area (Å²) in [4.78, 5) is 0. The molecule has 2 aromatic carbocycles. The van der Waals surface area contributed by atoms with Crippen molar-refractivity contribution in [2.24, 2.45) is 0 Å². The van der Waals surface area contributed by atoms with Gasteiger partial charge in [-0.15, -0.1) is 0 Å². The van der Waals surface area contributed by atoms with Crippen molar-refractivity contribution in [2.75, 3.05) is 0 Å². The summed E-state index contributed by atoms with van der Waals surface area (Å²) in [6, 6.07) is 19.0. The second kappa shape index (κ2) is 5.13. The summed E-state index contributed by atoms with van der Waals surface area (Å²) in [6.45, 7) is 0. The van der Waals surface area contributed by atoms with Gasteiger partial charge in [0, 0.05) is 0 Å². The molecule has 16 heavy (non-hydrogen) atoms. The number of rotatable bonds is 2. The predicted octanol–water partition coefficient (Wildman–Crippen LogP) is 3.31. The van der Waals surface area contributed by atoms with E-state index in [-0.39, 0.29) is 0 Å². The van der Waals surface area contributed by atoms with Crippen LogP contribution in [-0.4, -0.2) is 0 Å². The molecule has 0 aliphatic rings. The molecule has 0 radical (unpaired) electrons. The first-order chi connectivity index (χ1) is 7.90. The van der Waals surface area contributed by atoms with E-state index in [9.17, 15) is 4.65 Å². The summed E-state index contributed by atoms with van der Waals surface area (Å²) in [7, 11) is 0. The molecule has 76 valence electrons. The fourth-order valence-corrected chi connectivity index (χ4v) is 1.43. The van der Waals surface area contributed by atoms with Gasteiger partial charge in [0.15, 0.2) is 0 Å². The van der Waals surface area contributed by atoms with Crippen LogP contribution < -0.4 is 0 Å². The van der Waals surface area contributed by atoms with E-state index in [2.05, 4.69) is 6.08 Å². The maximum atomic E-state index is 10.9. The third-order valence-electron chi connectivity index (χ3n) is 2.21. The number of hydrogen-bond acceptors (Lipinski definition) is 0. The van der Waals surface area contributed by atoms with Crippen LogP contribution in [0.1, 0.15) is 11.1 Å². The molecular weight excluding hydrogens is 196 g/mol. The molecular formula is C15H10O. The van der Waals surface area contributed by atoms with Crippen LogP contribution in [0.5, 0.6) is 0 Å². The Bertz CT molecular complexity index is 518. The minimum atomic E-state index is 0.451. The Hall–Kier alpha value is -2.08. The Morgan fingerprint density at radius 2 is 1.44 bits per heavy atom. The van der Waals surface area contributed by atoms with Crippen LogP contribution >= 0.6 is 0 Å². The molecule has 2 aromatic rings. The van der Waals surface area contributed by atoms with Crippen molar-refractivity contribution in [2.45, 2.75) is 0 Å². The van der Waals surface area contributed by atoms with Crippen LogP contribution in [0.15, 0.2) is 60.7 Å². The monoisotopic (exact) mass is 206 g/mol. The Morgan fingerprint density at radius 1 is 0.875 bits per heavy atom. The van der Waals surface area contributed by atoms with E-state index in [0.717, 1.165) is 11.1 Å². The molecule has 0 heterocycles. The normalized spacial score (nSPS) is 10.8. The van der Waals surface area contributed by atoms with Crippen molar-refractivity contribution >= 4 is 5.57 Å². The van der Waals surface area contributed by atoms with E-state index in [1.807, 2.05) is 66.8 Å². The number of allylic oxidation sites excluding steroid dienone is 1. The van der Waals surface area contributed by atoms with Gasteiger partial charge in [-0.1, -0.05) is 0 Å². The van der Waals surface area contributed by atoms with E-state index in [1.165, 1.54) is 0 Å². The summed E-state index contributed by atoms with van der Waals surface area (Å²) in [6.07, 6.45) is 4.96. The molecule has 1 heteroatoms. The van der Waals surface area contributed by atoms with E-state index in [4.69, 9.17) is 0 Å². The molecule has 1 nitrogen and oxygen atoms in total. The van der Waals surface area contributed by atoms with E-state index >= 15 is 0 Å². The number of hydrogen-bond donors (Lipinski definition) is 0. The first-order valence-electron chi connectivity index (χ1n) is 5.03. The van der Waals surface area contributed by atoms with Crippen molar-refractivity contribution in [1.29, 1.82) is 0 Å². The molecule has 0 spiro atoms. The average Bonchev–Trinajstić information content (AvgIpc) is 2.38. The second-order valence-electron chi connectivity index (χ2n) is 3.33. The zero-order valence-electron chi connectivity index (χ0n) is 8.68. The first-order valence-corrected chi connectivity index (χ1v) is 5.03. The van der Waals surface area contributed by atoms with Gasteiger partial charge in [0.05, 0.1) is 0 Å². The van der Waals surface area contributed by atoms with Gasteiger partial charge in [0.2, 0.25) is 0 Å². The molecule has 0 amide bonds. The quantitative estimate of drug-likeness (QED) is 0.408. The molecule has 0 fully saturated rings. The van der Waals surface area contributed by atoms with E-state index in [1.54, 1.807) is 0 Å². The van der Waals surface area contributed by atoms with E-state index in [0.29, 0.717) is 5.57 Å². The van der Waals surface area contributed by atoms with Gasteiger partial charge < -0.3 is 0 Å². The predicted molar refractivity (Wildman–Crippen MR) is 63.2 cm³/mol. The van der Waals surface area contributed by atoms with Gasteiger partial charge in [-0.25, -0.2) is 0 Å². The second-order valence-corrected chi connectivity index (χ2v) is 3.33. The van der Waals surface area contributed by atoms with Crippen LogP contribution in [0.3, 0.4) is 0 Å². The van der Waals surface area contributed by atoms with Crippen molar-refractivity contribution in [3.05, 3.63) is 77.9 Å². The Balaban J connectivity index is 2.39. The molecule has 2 rings (SSSR count). The van der Waals surface area contributed by atoms with Gasteiger partial charge in [-0.2, -0.15) is 0 Å². The zero-order chi connectivity index (χ0) is 11.2. The zero-order valence-corrected chi connectivity index (χ0v) is 8.68. The van der Waals surface area contributed by atoms with Gasteiger partial charge in [0.1, 0.15) is 0 Å². The van der Waals surface area contributed by atoms with Crippen LogP contribution in [-0.2, 0) is 4.65 Å². The Kier molecular flexibility index (Phi) is 3.35. The topological polar surface area (TPSA) is 19.9 Å². The van der Waals surface area contributed by atoms with Gasteiger partial charge in [-0.05, 0) is 0 Å². The molecule has 0 aromatic heterocycles. The molecule has 0 unspecified atom stereocenters. The van der Waals surface area contributed by atoms with Crippen LogP contribution in [0, 0.1) is 12.2 Å². The molecule has 0 aliphatic heterocycles. The third kappa shape index (κ3) is 2.48. The molecule has 0 saturated carbocycles. The van der Waals surface area contributed by atoms with Gasteiger partial charge >= 0.3 is 94.2 Å². The first kappa shape index (κ1) is 10.4. The molecule has 0 saturated heterocycles. The third-order valence-corrected chi connectivity index (χ3v) is 2.21. The SMILES string of the molecule is [O+]#CC(=[C-]c1ccccc1)c1ccccc1. The Morgan fingerprint density at radius 3 is 2.00 bits per heavy atom. The van der Waals surface area contributed by atoms with Crippen molar-refractivity contribution in [3.63, 3.8) is 0 Å². The van der Waals surface area contributed by atoms with Crippen molar-refractivity contribution in [1.82, 2.24) is 0 Å². The van der Waals surface area contributed by atoms with Crippen molar-refractivity contribution in [3.8, 4) is 6.15 Å². The van der Waals surface area contributed by atoms with E-state index < -0.39 is 0 Å². The van der Waals surface area contributed by atoms with Gasteiger partial charge in [-0.3, -0.25) is 0 Å². The summed E-state index contributed by atoms with van der Waals surface area (Å²) in [5, 5.41) is 0. The van der Waals surface area contributed by atoms with Crippen LogP contribution in [0.25, 0.3) is 5.57 Å². The standard InChI is InChI=1S/C15H10O/c16-12-15(14-9-5-2-6-10-14)11-13-7-3-1-4-8-13/h1-10H. The van der Waals surface area contributed by atoms with Crippen molar-refractivity contribution < 1.29 is 4.65 Å². The fourth-order valence-electron chi connectivity index (χ4n) is 1.43. The van der Waals surface area contributed by atoms with Gasteiger partial charge in [0.25, 0.3) is 0 Å².